The Bertz CT molecular complexity index is 1100. The number of piperidine rings is 1. The number of aromatic nitrogens is 2. The molecule has 2 aliphatic heterocycles. The molecule has 1 amide bonds. The molecule has 2 N–H and O–H groups in total. The van der Waals surface area contributed by atoms with Gasteiger partial charge in [0.1, 0.15) is 17.5 Å². The van der Waals surface area contributed by atoms with Crippen LogP contribution in [0.15, 0.2) is 29.2 Å². The van der Waals surface area contributed by atoms with Gasteiger partial charge >= 0.3 is 0 Å². The van der Waals surface area contributed by atoms with Gasteiger partial charge in [-0.15, -0.1) is 0 Å². The van der Waals surface area contributed by atoms with E-state index in [0.717, 1.165) is 19.3 Å². The van der Waals surface area contributed by atoms with Crippen LogP contribution in [0.5, 0.6) is 0 Å². The number of amides is 1. The number of H-pyrrole nitrogens is 1. The molecule has 31 heavy (non-hydrogen) atoms. The van der Waals surface area contributed by atoms with Crippen LogP contribution in [-0.4, -0.2) is 68.2 Å². The van der Waals surface area contributed by atoms with E-state index in [0.29, 0.717) is 45.2 Å². The lowest BCUT2D eigenvalue weighted by Gasteiger charge is -2.26. The molecule has 3 heterocycles. The van der Waals surface area contributed by atoms with Crippen molar-refractivity contribution in [2.45, 2.75) is 24.2 Å². The van der Waals surface area contributed by atoms with Crippen LogP contribution in [0.3, 0.4) is 0 Å². The molecule has 164 valence electrons. The lowest BCUT2D eigenvalue weighted by Crippen LogP contribution is -2.36. The average molecular weight is 445 g/mol. The molecule has 1 aromatic heterocycles. The summed E-state index contributed by atoms with van der Waals surface area (Å²) >= 11 is 0. The molecule has 2 aromatic rings. The second-order valence-corrected chi connectivity index (χ2v) is 9.39. The van der Waals surface area contributed by atoms with Gasteiger partial charge < -0.3 is 15.0 Å². The molecule has 11 heteroatoms. The smallest absolute Gasteiger partial charge is 0.256 e. The second-order valence-electron chi connectivity index (χ2n) is 7.46. The summed E-state index contributed by atoms with van der Waals surface area (Å²) in [5.41, 5.74) is 0.414. The number of ether oxygens (including phenoxy) is 1. The van der Waals surface area contributed by atoms with Crippen LogP contribution in [0.4, 0.5) is 11.6 Å². The Balaban J connectivity index is 1.54. The highest BCUT2D eigenvalue weighted by atomic mass is 32.2. The number of morpholine rings is 1. The highest BCUT2D eigenvalue weighted by Crippen LogP contribution is 2.26. The molecule has 4 rings (SSSR count). The molecule has 2 aliphatic rings. The van der Waals surface area contributed by atoms with E-state index in [1.807, 2.05) is 4.90 Å². The van der Waals surface area contributed by atoms with Crippen LogP contribution in [0, 0.1) is 11.3 Å². The van der Waals surface area contributed by atoms with Gasteiger partial charge in [-0.25, -0.2) is 8.42 Å². The minimum Gasteiger partial charge on any atom is -0.378 e. The van der Waals surface area contributed by atoms with E-state index in [-0.39, 0.29) is 21.8 Å². The third kappa shape index (κ3) is 4.41. The minimum atomic E-state index is -3.65. The number of nitrogens with zero attached hydrogens (tertiary/aromatic N) is 4. The fourth-order valence-electron chi connectivity index (χ4n) is 3.77. The molecule has 0 saturated carbocycles. The normalized spacial score (nSPS) is 17.8. The highest BCUT2D eigenvalue weighted by Gasteiger charge is 2.27. The van der Waals surface area contributed by atoms with Crippen molar-refractivity contribution in [3.8, 4) is 6.07 Å². The predicted molar refractivity (Wildman–Crippen MR) is 113 cm³/mol. The summed E-state index contributed by atoms with van der Waals surface area (Å²) in [5.74, 6) is 0.116. The van der Waals surface area contributed by atoms with Crippen molar-refractivity contribution < 1.29 is 17.9 Å². The Kier molecular flexibility index (Phi) is 6.22. The zero-order valence-electron chi connectivity index (χ0n) is 17.0. The summed E-state index contributed by atoms with van der Waals surface area (Å²) in [7, 11) is -3.65. The van der Waals surface area contributed by atoms with Crippen molar-refractivity contribution in [1.29, 1.82) is 5.26 Å². The number of carbonyl (C=O) groups excluding carboxylic acids is 1. The maximum atomic E-state index is 12.9. The summed E-state index contributed by atoms with van der Waals surface area (Å²) in [6.07, 6.45) is 2.69. The molecule has 0 aliphatic carbocycles. The van der Waals surface area contributed by atoms with Gasteiger partial charge in [0.15, 0.2) is 5.82 Å². The Morgan fingerprint density at radius 1 is 1.16 bits per heavy atom. The van der Waals surface area contributed by atoms with Crippen LogP contribution >= 0.6 is 0 Å². The van der Waals surface area contributed by atoms with E-state index in [2.05, 4.69) is 21.6 Å². The number of aromatic amines is 1. The first-order valence-electron chi connectivity index (χ1n) is 10.2. The molecule has 10 nitrogen and oxygen atoms in total. The van der Waals surface area contributed by atoms with E-state index in [4.69, 9.17) is 4.74 Å². The first-order valence-corrected chi connectivity index (χ1v) is 11.7. The SMILES string of the molecule is N#Cc1c(N2CCOCC2)n[nH]c1NC(=O)c1cccc(S(=O)(=O)N2CCCCC2)c1. The topological polar surface area (TPSA) is 131 Å². The zero-order valence-corrected chi connectivity index (χ0v) is 17.8. The number of nitrogens with one attached hydrogen (secondary N) is 2. The van der Waals surface area contributed by atoms with Crippen molar-refractivity contribution in [2.75, 3.05) is 49.6 Å². The number of benzene rings is 1. The third-order valence-electron chi connectivity index (χ3n) is 5.46. The first-order chi connectivity index (χ1) is 15.0. The van der Waals surface area contributed by atoms with Crippen molar-refractivity contribution in [3.63, 3.8) is 0 Å². The molecule has 2 saturated heterocycles. The van der Waals surface area contributed by atoms with E-state index in [9.17, 15) is 18.5 Å². The van der Waals surface area contributed by atoms with Gasteiger partial charge in [-0.3, -0.25) is 9.89 Å². The molecular formula is C20H24N6O4S. The first kappa shape index (κ1) is 21.3. The third-order valence-corrected chi connectivity index (χ3v) is 7.35. The number of hydrogen-bond donors (Lipinski definition) is 2. The van der Waals surface area contributed by atoms with Gasteiger partial charge in [0.25, 0.3) is 5.91 Å². The quantitative estimate of drug-likeness (QED) is 0.715. The molecule has 0 spiro atoms. The number of rotatable bonds is 5. The summed E-state index contributed by atoms with van der Waals surface area (Å²) in [5, 5.41) is 19.1. The maximum Gasteiger partial charge on any atom is 0.256 e. The van der Waals surface area contributed by atoms with Crippen LogP contribution in [0.1, 0.15) is 35.2 Å². The Morgan fingerprint density at radius 2 is 1.90 bits per heavy atom. The van der Waals surface area contributed by atoms with Crippen LogP contribution in [0.2, 0.25) is 0 Å². The Hall–Kier alpha value is -2.94. The van der Waals surface area contributed by atoms with E-state index in [1.54, 1.807) is 6.07 Å². The van der Waals surface area contributed by atoms with E-state index < -0.39 is 15.9 Å². The second kappa shape index (κ2) is 9.05. The number of nitriles is 1. The number of sulfonamides is 1. The lowest BCUT2D eigenvalue weighted by atomic mass is 10.2. The molecule has 1 aromatic carbocycles. The number of hydrogen-bond acceptors (Lipinski definition) is 7. The molecule has 2 fully saturated rings. The number of carbonyl (C=O) groups is 1. The minimum absolute atomic E-state index is 0.0844. The largest absolute Gasteiger partial charge is 0.378 e. The van der Waals surface area contributed by atoms with Crippen molar-refractivity contribution in [3.05, 3.63) is 35.4 Å². The lowest BCUT2D eigenvalue weighted by molar-refractivity contribution is 0.102. The van der Waals surface area contributed by atoms with Gasteiger partial charge in [-0.05, 0) is 31.0 Å². The molecule has 0 bridgehead atoms. The van der Waals surface area contributed by atoms with Crippen LogP contribution in [-0.2, 0) is 14.8 Å². The predicted octanol–water partition coefficient (Wildman–Crippen LogP) is 1.54. The maximum absolute atomic E-state index is 12.9. The summed E-state index contributed by atoms with van der Waals surface area (Å²) < 4.78 is 32.6. The summed E-state index contributed by atoms with van der Waals surface area (Å²) in [4.78, 5) is 14.8. The fourth-order valence-corrected chi connectivity index (χ4v) is 5.33. The fraction of sp³-hybridized carbons (Fsp3) is 0.450. The van der Waals surface area contributed by atoms with Crippen molar-refractivity contribution >= 4 is 27.6 Å². The van der Waals surface area contributed by atoms with Gasteiger partial charge in [0, 0.05) is 31.7 Å². The van der Waals surface area contributed by atoms with Gasteiger partial charge in [0.05, 0.1) is 18.1 Å². The van der Waals surface area contributed by atoms with Crippen molar-refractivity contribution in [1.82, 2.24) is 14.5 Å². The van der Waals surface area contributed by atoms with Crippen LogP contribution in [0.25, 0.3) is 0 Å². The van der Waals surface area contributed by atoms with Gasteiger partial charge in [-0.1, -0.05) is 12.5 Å². The summed E-state index contributed by atoms with van der Waals surface area (Å²) in [6, 6.07) is 8.03. The van der Waals surface area contributed by atoms with Gasteiger partial charge in [0.2, 0.25) is 10.0 Å². The van der Waals surface area contributed by atoms with Gasteiger partial charge in [-0.2, -0.15) is 14.7 Å². The van der Waals surface area contributed by atoms with Crippen LogP contribution < -0.4 is 10.2 Å². The molecule has 0 radical (unpaired) electrons. The molecular weight excluding hydrogens is 420 g/mol. The molecule has 0 unspecified atom stereocenters. The van der Waals surface area contributed by atoms with Crippen molar-refractivity contribution in [2.24, 2.45) is 0 Å². The monoisotopic (exact) mass is 444 g/mol. The average Bonchev–Trinajstić information content (AvgIpc) is 3.22. The zero-order chi connectivity index (χ0) is 21.8. The number of anilines is 2. The standard InChI is InChI=1S/C20H24N6O4S/c21-14-17-18(23-24-19(17)25-9-11-30-12-10-25)22-20(27)15-5-4-6-16(13-15)31(28,29)26-7-2-1-3-8-26/h4-6,13H,1-3,7-12H2,(H2,22,23,24,27). The highest BCUT2D eigenvalue weighted by molar-refractivity contribution is 7.89. The van der Waals surface area contributed by atoms with E-state index >= 15 is 0 Å². The summed E-state index contributed by atoms with van der Waals surface area (Å²) in [6.45, 7) is 3.26. The Labute approximate surface area is 180 Å². The Morgan fingerprint density at radius 3 is 2.61 bits per heavy atom. The molecule has 0 atom stereocenters. The van der Waals surface area contributed by atoms with E-state index in [1.165, 1.54) is 22.5 Å².